The summed E-state index contributed by atoms with van der Waals surface area (Å²) in [5, 5.41) is 5.57. The molecule has 1 aromatic rings. The third kappa shape index (κ3) is 3.69. The molecule has 1 aliphatic carbocycles. The van der Waals surface area contributed by atoms with E-state index in [0.29, 0.717) is 12.1 Å². The molecule has 7 heteroatoms. The lowest BCUT2D eigenvalue weighted by Gasteiger charge is -2.37. The summed E-state index contributed by atoms with van der Waals surface area (Å²) in [6, 6.07) is 7.02. The lowest BCUT2D eigenvalue weighted by Crippen LogP contribution is -2.54. The number of rotatable bonds is 5. The molecule has 1 spiro atoms. The molecule has 146 valence electrons. The monoisotopic (exact) mass is 372 g/mol. The van der Waals surface area contributed by atoms with Crippen molar-refractivity contribution in [2.24, 2.45) is 5.92 Å². The second-order valence-electron chi connectivity index (χ2n) is 7.71. The maximum absolute atomic E-state index is 13.0. The van der Waals surface area contributed by atoms with Gasteiger partial charge in [0.15, 0.2) is 0 Å². The van der Waals surface area contributed by atoms with Crippen molar-refractivity contribution in [1.82, 2.24) is 20.4 Å². The van der Waals surface area contributed by atoms with E-state index >= 15 is 0 Å². The van der Waals surface area contributed by atoms with Crippen LogP contribution in [0.3, 0.4) is 0 Å². The van der Waals surface area contributed by atoms with Crippen molar-refractivity contribution in [2.75, 3.05) is 20.8 Å². The van der Waals surface area contributed by atoms with Gasteiger partial charge in [0, 0.05) is 19.2 Å². The van der Waals surface area contributed by atoms with Crippen LogP contribution in [0, 0.1) is 5.92 Å². The lowest BCUT2D eigenvalue weighted by atomic mass is 9.73. The van der Waals surface area contributed by atoms with Gasteiger partial charge < -0.3 is 10.6 Å². The predicted molar refractivity (Wildman–Crippen MR) is 102 cm³/mol. The van der Waals surface area contributed by atoms with Gasteiger partial charge in [-0.25, -0.2) is 9.69 Å². The first-order chi connectivity index (χ1) is 12.9. The third-order valence-electron chi connectivity index (χ3n) is 5.78. The van der Waals surface area contributed by atoms with Crippen LogP contribution in [0.1, 0.15) is 48.5 Å². The van der Waals surface area contributed by atoms with E-state index in [1.54, 1.807) is 19.2 Å². The van der Waals surface area contributed by atoms with Crippen molar-refractivity contribution in [3.63, 3.8) is 0 Å². The minimum atomic E-state index is -0.717. The Morgan fingerprint density at radius 3 is 2.63 bits per heavy atom. The molecule has 2 fully saturated rings. The maximum atomic E-state index is 13.0. The van der Waals surface area contributed by atoms with E-state index < -0.39 is 5.54 Å². The minimum Gasteiger partial charge on any atom is -0.355 e. The van der Waals surface area contributed by atoms with Crippen LogP contribution in [0.4, 0.5) is 4.79 Å². The van der Waals surface area contributed by atoms with Gasteiger partial charge in [0.1, 0.15) is 5.54 Å². The summed E-state index contributed by atoms with van der Waals surface area (Å²) in [6.07, 6.45) is 3.77. The summed E-state index contributed by atoms with van der Waals surface area (Å²) in [5.74, 6) is -0.0575. The van der Waals surface area contributed by atoms with Gasteiger partial charge in [-0.1, -0.05) is 31.9 Å². The number of urea groups is 1. The van der Waals surface area contributed by atoms with E-state index in [-0.39, 0.29) is 30.4 Å². The Bertz CT molecular complexity index is 733. The molecule has 27 heavy (non-hydrogen) atoms. The van der Waals surface area contributed by atoms with Crippen LogP contribution < -0.4 is 10.6 Å². The fourth-order valence-electron chi connectivity index (χ4n) is 4.13. The van der Waals surface area contributed by atoms with Crippen LogP contribution >= 0.6 is 0 Å². The number of hydrogen-bond acceptors (Lipinski definition) is 4. The molecule has 0 bridgehead atoms. The number of hydrogen-bond donors (Lipinski definition) is 2. The van der Waals surface area contributed by atoms with Gasteiger partial charge in [0.2, 0.25) is 0 Å². The van der Waals surface area contributed by atoms with Crippen LogP contribution in [0.15, 0.2) is 24.3 Å². The Labute approximate surface area is 160 Å². The summed E-state index contributed by atoms with van der Waals surface area (Å²) in [4.78, 5) is 40.4. The molecule has 3 rings (SSSR count). The molecule has 1 aliphatic heterocycles. The van der Waals surface area contributed by atoms with E-state index in [1.807, 2.05) is 24.1 Å². The van der Waals surface area contributed by atoms with Crippen molar-refractivity contribution >= 4 is 17.8 Å². The average molecular weight is 372 g/mol. The molecule has 2 N–H and O–H groups in total. The third-order valence-corrected chi connectivity index (χ3v) is 5.78. The van der Waals surface area contributed by atoms with Gasteiger partial charge in [-0.05, 0) is 43.5 Å². The van der Waals surface area contributed by atoms with E-state index in [2.05, 4.69) is 17.6 Å². The highest BCUT2D eigenvalue weighted by Gasteiger charge is 2.54. The number of benzene rings is 1. The average Bonchev–Trinajstić information content (AvgIpc) is 2.89. The lowest BCUT2D eigenvalue weighted by molar-refractivity contribution is -0.135. The highest BCUT2D eigenvalue weighted by molar-refractivity contribution is 6.07. The fraction of sp³-hybridized carbons (Fsp3) is 0.550. The van der Waals surface area contributed by atoms with Crippen molar-refractivity contribution in [3.8, 4) is 0 Å². The standard InChI is InChI=1S/C20H28N4O3/c1-14-6-4-5-11-20(14)18(26)24(19(27)22-20)13-23(3)12-15-7-9-16(10-8-15)17(25)21-2/h7-10,14H,4-6,11-13H2,1-3H3,(H,21,25)(H,22,27)/t14-,20-/m1/s1. The van der Waals surface area contributed by atoms with E-state index in [1.165, 1.54) is 4.90 Å². The fourth-order valence-corrected chi connectivity index (χ4v) is 4.13. The molecule has 0 unspecified atom stereocenters. The predicted octanol–water partition coefficient (Wildman–Crippen LogP) is 1.94. The summed E-state index contributed by atoms with van der Waals surface area (Å²) >= 11 is 0. The zero-order chi connectivity index (χ0) is 19.6. The van der Waals surface area contributed by atoms with Gasteiger partial charge in [-0.3, -0.25) is 14.5 Å². The number of imide groups is 1. The van der Waals surface area contributed by atoms with Gasteiger partial charge in [-0.2, -0.15) is 0 Å². The number of carbonyl (C=O) groups excluding carboxylic acids is 3. The second kappa shape index (κ2) is 7.68. The molecule has 1 saturated carbocycles. The van der Waals surface area contributed by atoms with E-state index in [4.69, 9.17) is 0 Å². The van der Waals surface area contributed by atoms with Crippen molar-refractivity contribution < 1.29 is 14.4 Å². The zero-order valence-corrected chi connectivity index (χ0v) is 16.2. The van der Waals surface area contributed by atoms with Crippen LogP contribution in [-0.2, 0) is 11.3 Å². The van der Waals surface area contributed by atoms with Crippen LogP contribution in [-0.4, -0.2) is 53.9 Å². The highest BCUT2D eigenvalue weighted by atomic mass is 16.2. The van der Waals surface area contributed by atoms with Crippen molar-refractivity contribution in [2.45, 2.75) is 44.7 Å². The van der Waals surface area contributed by atoms with E-state index in [9.17, 15) is 14.4 Å². The maximum Gasteiger partial charge on any atom is 0.326 e. The van der Waals surface area contributed by atoms with Gasteiger partial charge in [0.05, 0.1) is 6.67 Å². The Morgan fingerprint density at radius 2 is 2.00 bits per heavy atom. The smallest absolute Gasteiger partial charge is 0.326 e. The molecule has 2 atom stereocenters. The zero-order valence-electron chi connectivity index (χ0n) is 16.2. The molecule has 4 amide bonds. The van der Waals surface area contributed by atoms with Crippen LogP contribution in [0.25, 0.3) is 0 Å². The molecule has 2 aliphatic rings. The Kier molecular flexibility index (Phi) is 5.51. The summed E-state index contributed by atoms with van der Waals surface area (Å²) in [7, 11) is 3.48. The van der Waals surface area contributed by atoms with Gasteiger partial charge >= 0.3 is 6.03 Å². The molecular weight excluding hydrogens is 344 g/mol. The molecule has 1 saturated heterocycles. The second-order valence-corrected chi connectivity index (χ2v) is 7.71. The summed E-state index contributed by atoms with van der Waals surface area (Å²) in [5.41, 5.74) is 0.898. The first-order valence-corrected chi connectivity index (χ1v) is 9.51. The Hall–Kier alpha value is -2.41. The van der Waals surface area contributed by atoms with Crippen LogP contribution in [0.5, 0.6) is 0 Å². The summed E-state index contributed by atoms with van der Waals surface area (Å²) in [6.45, 7) is 2.88. The molecule has 7 nitrogen and oxygen atoms in total. The topological polar surface area (TPSA) is 81.8 Å². The first kappa shape index (κ1) is 19.4. The SMILES string of the molecule is CNC(=O)c1ccc(CN(C)CN2C(=O)N[C@@]3(CCCC[C@H]3C)C2=O)cc1. The molecule has 1 aromatic carbocycles. The largest absolute Gasteiger partial charge is 0.355 e. The van der Waals surface area contributed by atoms with E-state index in [0.717, 1.165) is 31.2 Å². The Morgan fingerprint density at radius 1 is 1.30 bits per heavy atom. The first-order valence-electron chi connectivity index (χ1n) is 9.51. The molecule has 0 radical (unpaired) electrons. The normalized spacial score (nSPS) is 25.2. The van der Waals surface area contributed by atoms with Gasteiger partial charge in [0.25, 0.3) is 11.8 Å². The number of amides is 4. The molecular formula is C20H28N4O3. The molecule has 0 aromatic heterocycles. The highest BCUT2D eigenvalue weighted by Crippen LogP contribution is 2.38. The Balaban J connectivity index is 1.64. The number of carbonyl (C=O) groups is 3. The molecule has 1 heterocycles. The van der Waals surface area contributed by atoms with Crippen molar-refractivity contribution in [1.29, 1.82) is 0 Å². The number of nitrogens with one attached hydrogen (secondary N) is 2. The summed E-state index contributed by atoms with van der Waals surface area (Å²) < 4.78 is 0. The van der Waals surface area contributed by atoms with Crippen LogP contribution in [0.2, 0.25) is 0 Å². The minimum absolute atomic E-state index is 0.0958. The van der Waals surface area contributed by atoms with Gasteiger partial charge in [-0.15, -0.1) is 0 Å². The number of nitrogens with zero attached hydrogens (tertiary/aromatic N) is 2. The quantitative estimate of drug-likeness (QED) is 0.774. The van der Waals surface area contributed by atoms with Crippen molar-refractivity contribution in [3.05, 3.63) is 35.4 Å².